The summed E-state index contributed by atoms with van der Waals surface area (Å²) in [4.78, 5) is 0. The van der Waals surface area contributed by atoms with Gasteiger partial charge in [-0.25, -0.2) is 0 Å². The van der Waals surface area contributed by atoms with Crippen molar-refractivity contribution in [2.24, 2.45) is 0 Å². The third-order valence-electron chi connectivity index (χ3n) is 3.38. The van der Waals surface area contributed by atoms with Crippen LogP contribution in [-0.2, 0) is 11.2 Å². The molecule has 2 rings (SSSR count). The monoisotopic (exact) mass is 283 g/mol. The molecule has 2 nitrogen and oxygen atoms in total. The maximum atomic E-state index is 5.65. The van der Waals surface area contributed by atoms with Gasteiger partial charge >= 0.3 is 0 Å². The highest BCUT2D eigenvalue weighted by Gasteiger charge is 2.22. The van der Waals surface area contributed by atoms with Crippen molar-refractivity contribution in [3.63, 3.8) is 0 Å². The summed E-state index contributed by atoms with van der Waals surface area (Å²) in [6.45, 7) is 5.95. The first-order valence-electron chi connectivity index (χ1n) is 5.68. The summed E-state index contributed by atoms with van der Waals surface area (Å²) >= 11 is 3.64. The number of aryl methyl sites for hydroxylation is 1. The summed E-state index contributed by atoms with van der Waals surface area (Å²) in [6, 6.07) is 2.53. The molecule has 0 fully saturated rings. The number of nitrogens with one attached hydrogen (secondary N) is 1. The van der Waals surface area contributed by atoms with Crippen molar-refractivity contribution < 1.29 is 4.74 Å². The highest BCUT2D eigenvalue weighted by molar-refractivity contribution is 9.10. The zero-order valence-corrected chi connectivity index (χ0v) is 11.6. The molecule has 1 aliphatic heterocycles. The van der Waals surface area contributed by atoms with Crippen LogP contribution < -0.4 is 5.32 Å². The van der Waals surface area contributed by atoms with Crippen LogP contribution in [-0.4, -0.2) is 20.3 Å². The molecule has 0 spiro atoms. The number of fused-ring (bicyclic) bond motifs is 1. The molecule has 0 saturated heterocycles. The first-order chi connectivity index (χ1) is 7.65. The first-order valence-corrected chi connectivity index (χ1v) is 6.48. The van der Waals surface area contributed by atoms with E-state index >= 15 is 0 Å². The van der Waals surface area contributed by atoms with E-state index in [0.29, 0.717) is 6.04 Å². The van der Waals surface area contributed by atoms with E-state index in [9.17, 15) is 0 Å². The number of hydrogen-bond donors (Lipinski definition) is 1. The van der Waals surface area contributed by atoms with Crippen LogP contribution in [0.5, 0.6) is 0 Å². The molecule has 0 bridgehead atoms. The van der Waals surface area contributed by atoms with Crippen LogP contribution in [0.1, 0.15) is 28.3 Å². The molecule has 1 N–H and O–H groups in total. The zero-order chi connectivity index (χ0) is 11.7. The van der Waals surface area contributed by atoms with Gasteiger partial charge in [0.05, 0.1) is 19.3 Å². The minimum absolute atomic E-state index is 0.314. The Bertz CT molecular complexity index is 403. The van der Waals surface area contributed by atoms with Gasteiger partial charge < -0.3 is 10.1 Å². The van der Waals surface area contributed by atoms with Crippen molar-refractivity contribution in [2.75, 3.05) is 20.3 Å². The fraction of sp³-hybridized carbons (Fsp3) is 0.538. The van der Waals surface area contributed by atoms with Crippen LogP contribution >= 0.6 is 15.9 Å². The average Bonchev–Trinajstić information content (AvgIpc) is 2.48. The van der Waals surface area contributed by atoms with Gasteiger partial charge in [-0.15, -0.1) is 0 Å². The number of benzene rings is 1. The molecule has 0 aliphatic carbocycles. The first kappa shape index (κ1) is 12.1. The highest BCUT2D eigenvalue weighted by Crippen LogP contribution is 2.33. The lowest BCUT2D eigenvalue weighted by Crippen LogP contribution is -2.22. The van der Waals surface area contributed by atoms with Gasteiger partial charge in [-0.3, -0.25) is 0 Å². The molecule has 0 saturated carbocycles. The lowest BCUT2D eigenvalue weighted by atomic mass is 9.91. The van der Waals surface area contributed by atoms with Crippen molar-refractivity contribution in [1.82, 2.24) is 5.32 Å². The van der Waals surface area contributed by atoms with E-state index in [0.717, 1.165) is 19.6 Å². The van der Waals surface area contributed by atoms with Crippen molar-refractivity contribution in [3.05, 3.63) is 32.8 Å². The molecule has 0 radical (unpaired) electrons. The van der Waals surface area contributed by atoms with Crippen LogP contribution in [0.4, 0.5) is 0 Å². The van der Waals surface area contributed by atoms with E-state index in [1.54, 1.807) is 0 Å². The predicted molar refractivity (Wildman–Crippen MR) is 69.9 cm³/mol. The Morgan fingerprint density at radius 3 is 2.88 bits per heavy atom. The van der Waals surface area contributed by atoms with E-state index in [1.165, 1.54) is 26.7 Å². The Kier molecular flexibility index (Phi) is 3.67. The number of rotatable bonds is 1. The Hall–Kier alpha value is -0.380. The summed E-state index contributed by atoms with van der Waals surface area (Å²) in [5.74, 6) is 0. The topological polar surface area (TPSA) is 21.3 Å². The van der Waals surface area contributed by atoms with Crippen LogP contribution in [0.25, 0.3) is 0 Å². The van der Waals surface area contributed by atoms with Crippen molar-refractivity contribution >= 4 is 15.9 Å². The summed E-state index contributed by atoms with van der Waals surface area (Å²) in [6.07, 6.45) is 1.02. The fourth-order valence-electron chi connectivity index (χ4n) is 2.44. The molecule has 16 heavy (non-hydrogen) atoms. The molecule has 1 aromatic rings. The van der Waals surface area contributed by atoms with Gasteiger partial charge in [0.25, 0.3) is 0 Å². The Labute approximate surface area is 106 Å². The van der Waals surface area contributed by atoms with Gasteiger partial charge in [0.15, 0.2) is 0 Å². The lowest BCUT2D eigenvalue weighted by molar-refractivity contribution is 0.123. The smallest absolute Gasteiger partial charge is 0.0661 e. The Morgan fingerprint density at radius 2 is 2.19 bits per heavy atom. The summed E-state index contributed by atoms with van der Waals surface area (Å²) in [5.41, 5.74) is 5.58. The van der Waals surface area contributed by atoms with E-state index in [2.05, 4.69) is 41.2 Å². The molecular formula is C13H18BrNO. The van der Waals surface area contributed by atoms with Crippen LogP contribution in [0.15, 0.2) is 10.5 Å². The minimum atomic E-state index is 0.314. The third kappa shape index (κ3) is 2.04. The van der Waals surface area contributed by atoms with Crippen LogP contribution in [0.2, 0.25) is 0 Å². The molecule has 1 unspecified atom stereocenters. The molecule has 1 aromatic carbocycles. The second kappa shape index (κ2) is 4.86. The maximum Gasteiger partial charge on any atom is 0.0661 e. The SMILES string of the molecule is CNC1COCCc2c(C)cc(Br)c(C)c21. The molecule has 88 valence electrons. The normalized spacial score (nSPS) is 20.4. The van der Waals surface area contributed by atoms with Crippen LogP contribution in [0.3, 0.4) is 0 Å². The largest absolute Gasteiger partial charge is 0.379 e. The molecular weight excluding hydrogens is 266 g/mol. The second-order valence-corrected chi connectivity index (χ2v) is 5.21. The molecule has 1 atom stereocenters. The van der Waals surface area contributed by atoms with Crippen molar-refractivity contribution in [1.29, 1.82) is 0 Å². The van der Waals surface area contributed by atoms with E-state index in [1.807, 2.05) is 7.05 Å². The summed E-state index contributed by atoms with van der Waals surface area (Å²) in [7, 11) is 2.00. The fourth-order valence-corrected chi connectivity index (χ4v) is 3.00. The van der Waals surface area contributed by atoms with Crippen molar-refractivity contribution in [2.45, 2.75) is 26.3 Å². The quantitative estimate of drug-likeness (QED) is 0.856. The number of halogens is 1. The van der Waals surface area contributed by atoms with Gasteiger partial charge in [-0.05, 0) is 55.6 Å². The Balaban J connectivity index is 2.61. The van der Waals surface area contributed by atoms with Crippen LogP contribution in [0, 0.1) is 13.8 Å². The molecule has 0 aromatic heterocycles. The van der Waals surface area contributed by atoms with E-state index < -0.39 is 0 Å². The van der Waals surface area contributed by atoms with Gasteiger partial charge in [0.2, 0.25) is 0 Å². The standard InChI is InChI=1S/C13H18BrNO/c1-8-6-11(14)9(2)13-10(8)4-5-16-7-12(13)15-3/h6,12,15H,4-5,7H2,1-3H3. The summed E-state index contributed by atoms with van der Waals surface area (Å²) in [5, 5.41) is 3.35. The molecule has 1 heterocycles. The number of likely N-dealkylation sites (N-methyl/N-ethyl adjacent to an activating group) is 1. The van der Waals surface area contributed by atoms with E-state index in [4.69, 9.17) is 4.74 Å². The maximum absolute atomic E-state index is 5.65. The van der Waals surface area contributed by atoms with Crippen molar-refractivity contribution in [3.8, 4) is 0 Å². The molecule has 3 heteroatoms. The lowest BCUT2D eigenvalue weighted by Gasteiger charge is -2.21. The second-order valence-electron chi connectivity index (χ2n) is 4.36. The number of ether oxygens (including phenoxy) is 1. The van der Waals surface area contributed by atoms with Gasteiger partial charge in [-0.1, -0.05) is 15.9 Å². The number of hydrogen-bond acceptors (Lipinski definition) is 2. The predicted octanol–water partition coefficient (Wildman–Crippen LogP) is 2.90. The van der Waals surface area contributed by atoms with Gasteiger partial charge in [0.1, 0.15) is 0 Å². The minimum Gasteiger partial charge on any atom is -0.379 e. The highest BCUT2D eigenvalue weighted by atomic mass is 79.9. The average molecular weight is 284 g/mol. The summed E-state index contributed by atoms with van der Waals surface area (Å²) < 4.78 is 6.85. The van der Waals surface area contributed by atoms with E-state index in [-0.39, 0.29) is 0 Å². The Morgan fingerprint density at radius 1 is 1.44 bits per heavy atom. The molecule has 0 amide bonds. The molecule has 1 aliphatic rings. The van der Waals surface area contributed by atoms with Gasteiger partial charge in [-0.2, -0.15) is 0 Å². The third-order valence-corrected chi connectivity index (χ3v) is 4.21. The van der Waals surface area contributed by atoms with Gasteiger partial charge in [0, 0.05) is 4.47 Å². The zero-order valence-electron chi connectivity index (χ0n) is 10.1.